The lowest BCUT2D eigenvalue weighted by atomic mass is 10.1. The van der Waals surface area contributed by atoms with Gasteiger partial charge >= 0.3 is 0 Å². The molecule has 4 atom stereocenters. The van der Waals surface area contributed by atoms with Crippen LogP contribution in [0.5, 0.6) is 0 Å². The van der Waals surface area contributed by atoms with Gasteiger partial charge in [-0.15, -0.1) is 0 Å². The summed E-state index contributed by atoms with van der Waals surface area (Å²) in [5.41, 5.74) is 0.896. The minimum absolute atomic E-state index is 0.427. The van der Waals surface area contributed by atoms with E-state index in [9.17, 15) is 15.3 Å². The Kier molecular flexibility index (Phi) is 3.90. The predicted molar refractivity (Wildman–Crippen MR) is 64.8 cm³/mol. The summed E-state index contributed by atoms with van der Waals surface area (Å²) in [6, 6.07) is 7.56. The zero-order valence-corrected chi connectivity index (χ0v) is 9.84. The van der Waals surface area contributed by atoms with E-state index in [4.69, 9.17) is 5.11 Å². The van der Waals surface area contributed by atoms with Gasteiger partial charge in [0.15, 0.2) is 0 Å². The monoisotopic (exact) mass is 257 g/mol. The third kappa shape index (κ3) is 2.56. The van der Waals surface area contributed by atoms with E-state index in [0.29, 0.717) is 0 Å². The van der Waals surface area contributed by atoms with Crippen LogP contribution in [0, 0.1) is 0 Å². The Morgan fingerprint density at radius 3 is 2.59 bits per heavy atom. The summed E-state index contributed by atoms with van der Waals surface area (Å²) >= 11 is 1.39. The molecule has 0 saturated carbocycles. The number of thioether (sulfide) groups is 1. The van der Waals surface area contributed by atoms with Crippen molar-refractivity contribution in [3.05, 3.63) is 24.3 Å². The van der Waals surface area contributed by atoms with E-state index in [-0.39, 0.29) is 0 Å². The molecule has 1 unspecified atom stereocenters. The number of para-hydroxylation sites is 1. The predicted octanol–water partition coefficient (Wildman–Crippen LogP) is -0.395. The molecule has 1 aliphatic heterocycles. The molecule has 94 valence electrons. The first kappa shape index (κ1) is 12.7. The first-order valence-electron chi connectivity index (χ1n) is 5.30. The number of hydrogen-bond acceptors (Lipinski definition) is 6. The van der Waals surface area contributed by atoms with Gasteiger partial charge in [0.25, 0.3) is 0 Å². The van der Waals surface area contributed by atoms with Crippen LogP contribution in [-0.4, -0.2) is 50.7 Å². The smallest absolute Gasteiger partial charge is 0.112 e. The summed E-state index contributed by atoms with van der Waals surface area (Å²) in [6.45, 7) is -0.581. The molecule has 0 amide bonds. The third-order valence-electron chi connectivity index (χ3n) is 2.68. The molecule has 5 nitrogen and oxygen atoms in total. The molecule has 1 heterocycles. The molecule has 0 saturated heterocycles. The van der Waals surface area contributed by atoms with E-state index < -0.39 is 30.3 Å². The number of nitrogens with one attached hydrogen (secondary N) is 1. The quantitative estimate of drug-likeness (QED) is 0.504. The van der Waals surface area contributed by atoms with E-state index in [0.717, 1.165) is 10.6 Å². The van der Waals surface area contributed by atoms with E-state index in [1.807, 2.05) is 24.3 Å². The van der Waals surface area contributed by atoms with Gasteiger partial charge < -0.3 is 25.7 Å². The second-order valence-corrected chi connectivity index (χ2v) is 5.09. The minimum Gasteiger partial charge on any atom is -0.394 e. The fraction of sp³-hybridized carbons (Fsp3) is 0.455. The average molecular weight is 257 g/mol. The molecule has 6 heteroatoms. The highest BCUT2D eigenvalue weighted by Crippen LogP contribution is 2.39. The normalized spacial score (nSPS) is 23.6. The molecule has 0 spiro atoms. The Balaban J connectivity index is 2.03. The molecule has 2 rings (SSSR count). The van der Waals surface area contributed by atoms with Gasteiger partial charge in [-0.05, 0) is 12.1 Å². The van der Waals surface area contributed by atoms with Crippen LogP contribution in [0.4, 0.5) is 5.69 Å². The van der Waals surface area contributed by atoms with Crippen LogP contribution < -0.4 is 5.32 Å². The highest BCUT2D eigenvalue weighted by Gasteiger charge is 2.35. The lowest BCUT2D eigenvalue weighted by molar-refractivity contribution is -0.0741. The van der Waals surface area contributed by atoms with Crippen molar-refractivity contribution in [1.82, 2.24) is 0 Å². The van der Waals surface area contributed by atoms with Crippen LogP contribution in [0.3, 0.4) is 0 Å². The van der Waals surface area contributed by atoms with Gasteiger partial charge in [-0.25, -0.2) is 0 Å². The number of aliphatic hydroxyl groups excluding tert-OH is 4. The largest absolute Gasteiger partial charge is 0.394 e. The third-order valence-corrected chi connectivity index (χ3v) is 3.94. The van der Waals surface area contributed by atoms with Crippen molar-refractivity contribution in [2.75, 3.05) is 11.9 Å². The Hall–Kier alpha value is -0.790. The van der Waals surface area contributed by atoms with Gasteiger partial charge in [0.1, 0.15) is 23.7 Å². The highest BCUT2D eigenvalue weighted by atomic mass is 32.2. The lowest BCUT2D eigenvalue weighted by Gasteiger charge is -2.25. The number of hydrogen-bond donors (Lipinski definition) is 5. The summed E-state index contributed by atoms with van der Waals surface area (Å²) in [5, 5.41) is 40.1. The van der Waals surface area contributed by atoms with E-state index in [1.165, 1.54) is 11.8 Å². The maximum absolute atomic E-state index is 9.89. The fourth-order valence-electron chi connectivity index (χ4n) is 1.68. The Morgan fingerprint density at radius 2 is 1.94 bits per heavy atom. The lowest BCUT2D eigenvalue weighted by Crippen LogP contribution is -2.46. The zero-order valence-electron chi connectivity index (χ0n) is 9.02. The molecule has 0 bridgehead atoms. The Morgan fingerprint density at radius 1 is 1.24 bits per heavy atom. The van der Waals surface area contributed by atoms with Crippen LogP contribution in [0.2, 0.25) is 0 Å². The van der Waals surface area contributed by atoms with Gasteiger partial charge in [0, 0.05) is 10.6 Å². The standard InChI is InChI=1S/C11H15NO4S/c13-5-7(14)9(15)10(16)11-12-6-3-1-2-4-8(6)17-11/h1-4,7,9-16H,5H2/t7-,9-,10+,11?/m0/s1. The summed E-state index contributed by atoms with van der Waals surface area (Å²) in [6.07, 6.45) is -3.87. The molecule has 0 aliphatic carbocycles. The number of aliphatic hydroxyl groups is 4. The molecule has 0 radical (unpaired) electrons. The van der Waals surface area contributed by atoms with Crippen LogP contribution in [0.15, 0.2) is 29.2 Å². The van der Waals surface area contributed by atoms with Crippen molar-refractivity contribution >= 4 is 17.4 Å². The SMILES string of the molecule is OC[C@H](O)[C@H](O)[C@@H](O)C1Nc2ccccc2S1. The Labute approximate surface area is 103 Å². The van der Waals surface area contributed by atoms with Crippen molar-refractivity contribution in [3.8, 4) is 0 Å². The van der Waals surface area contributed by atoms with Crippen LogP contribution >= 0.6 is 11.8 Å². The molecule has 1 aromatic carbocycles. The zero-order chi connectivity index (χ0) is 12.4. The van der Waals surface area contributed by atoms with Crippen molar-refractivity contribution in [2.45, 2.75) is 28.6 Å². The van der Waals surface area contributed by atoms with E-state index >= 15 is 0 Å². The second kappa shape index (κ2) is 5.24. The van der Waals surface area contributed by atoms with Crippen LogP contribution in [-0.2, 0) is 0 Å². The first-order valence-corrected chi connectivity index (χ1v) is 6.18. The molecule has 1 aliphatic rings. The molecule has 0 fully saturated rings. The van der Waals surface area contributed by atoms with Crippen molar-refractivity contribution < 1.29 is 20.4 Å². The molecule has 17 heavy (non-hydrogen) atoms. The first-order chi connectivity index (χ1) is 8.13. The van der Waals surface area contributed by atoms with Gasteiger partial charge in [-0.2, -0.15) is 0 Å². The highest BCUT2D eigenvalue weighted by molar-refractivity contribution is 8.00. The number of anilines is 1. The van der Waals surface area contributed by atoms with Crippen molar-refractivity contribution in [2.24, 2.45) is 0 Å². The number of fused-ring (bicyclic) bond motifs is 1. The summed E-state index contributed by atoms with van der Waals surface area (Å²) in [7, 11) is 0. The van der Waals surface area contributed by atoms with Gasteiger partial charge in [-0.1, -0.05) is 23.9 Å². The molecular formula is C11H15NO4S. The number of rotatable bonds is 4. The van der Waals surface area contributed by atoms with Gasteiger partial charge in [-0.3, -0.25) is 0 Å². The maximum atomic E-state index is 9.89. The van der Waals surface area contributed by atoms with E-state index in [2.05, 4.69) is 5.32 Å². The van der Waals surface area contributed by atoms with Crippen molar-refractivity contribution in [3.63, 3.8) is 0 Å². The van der Waals surface area contributed by atoms with E-state index in [1.54, 1.807) is 0 Å². The topological polar surface area (TPSA) is 93.0 Å². The summed E-state index contributed by atoms with van der Waals surface area (Å²) in [4.78, 5) is 0.988. The molecule has 0 aromatic heterocycles. The Bertz CT molecular complexity index is 364. The van der Waals surface area contributed by atoms with Gasteiger partial charge in [0.05, 0.1) is 6.61 Å². The van der Waals surface area contributed by atoms with Gasteiger partial charge in [0.2, 0.25) is 0 Å². The second-order valence-electron chi connectivity index (χ2n) is 3.91. The minimum atomic E-state index is -1.38. The van der Waals surface area contributed by atoms with Crippen molar-refractivity contribution in [1.29, 1.82) is 0 Å². The summed E-state index contributed by atoms with van der Waals surface area (Å²) in [5.74, 6) is 0. The number of benzene rings is 1. The van der Waals surface area contributed by atoms with Crippen LogP contribution in [0.25, 0.3) is 0 Å². The maximum Gasteiger partial charge on any atom is 0.112 e. The summed E-state index contributed by atoms with van der Waals surface area (Å²) < 4.78 is 0. The average Bonchev–Trinajstić information content (AvgIpc) is 2.79. The molecule has 5 N–H and O–H groups in total. The van der Waals surface area contributed by atoms with Crippen LogP contribution in [0.1, 0.15) is 0 Å². The fourth-order valence-corrected chi connectivity index (χ4v) is 2.85. The molecule has 1 aromatic rings. The molecular weight excluding hydrogens is 242 g/mol.